The number of hydrazone groups is 1. The summed E-state index contributed by atoms with van der Waals surface area (Å²) in [7, 11) is 0. The zero-order valence-corrected chi connectivity index (χ0v) is 12.4. The Morgan fingerprint density at radius 1 is 1.52 bits per heavy atom. The molecule has 0 aliphatic rings. The fraction of sp³-hybridized carbons (Fsp3) is 0.143. The van der Waals surface area contributed by atoms with E-state index in [1.807, 2.05) is 13.0 Å². The molecule has 0 fully saturated rings. The highest BCUT2D eigenvalue weighted by Crippen LogP contribution is 2.29. The molecule has 21 heavy (non-hydrogen) atoms. The van der Waals surface area contributed by atoms with Gasteiger partial charge in [0.25, 0.3) is 0 Å². The molecule has 0 amide bonds. The largest absolute Gasteiger partial charge is 0.426 e. The first-order valence-electron chi connectivity index (χ1n) is 6.14. The van der Waals surface area contributed by atoms with Gasteiger partial charge in [-0.15, -0.1) is 0 Å². The Kier molecular flexibility index (Phi) is 4.44. The molecule has 6 nitrogen and oxygen atoms in total. The number of carbonyl (C=O) groups excluding carboxylic acids is 1. The molecule has 0 spiro atoms. The molecule has 2 rings (SSSR count). The predicted molar refractivity (Wildman–Crippen MR) is 85.3 cm³/mol. The number of nitrogens with zero attached hydrogens (tertiary/aromatic N) is 2. The SMILES string of the molecule is CC(=O)Oc1cccc2c(C=NNC(N)=S)ncc(C)c12. The maximum atomic E-state index is 11.2. The van der Waals surface area contributed by atoms with Crippen LogP contribution in [0.15, 0.2) is 29.5 Å². The Labute approximate surface area is 127 Å². The van der Waals surface area contributed by atoms with Crippen LogP contribution >= 0.6 is 12.2 Å². The van der Waals surface area contributed by atoms with Gasteiger partial charge in [-0.25, -0.2) is 0 Å². The smallest absolute Gasteiger partial charge is 0.308 e. The number of pyridine rings is 1. The van der Waals surface area contributed by atoms with Crippen LogP contribution in [-0.2, 0) is 4.79 Å². The minimum Gasteiger partial charge on any atom is -0.426 e. The van der Waals surface area contributed by atoms with Crippen LogP contribution in [0.1, 0.15) is 18.2 Å². The Morgan fingerprint density at radius 2 is 2.29 bits per heavy atom. The number of nitrogens with two attached hydrogens (primary N) is 1. The molecule has 2 aromatic rings. The van der Waals surface area contributed by atoms with Crippen LogP contribution in [0.4, 0.5) is 0 Å². The van der Waals surface area contributed by atoms with Crippen molar-refractivity contribution in [1.29, 1.82) is 0 Å². The molecule has 0 saturated heterocycles. The number of fused-ring (bicyclic) bond motifs is 1. The number of thiocarbonyl (C=S) groups is 1. The molecule has 0 bridgehead atoms. The van der Waals surface area contributed by atoms with Crippen molar-refractivity contribution in [3.63, 3.8) is 0 Å². The van der Waals surface area contributed by atoms with Crippen LogP contribution in [0.2, 0.25) is 0 Å². The minimum absolute atomic E-state index is 0.0725. The zero-order valence-electron chi connectivity index (χ0n) is 11.6. The molecule has 108 valence electrons. The molecule has 1 aromatic carbocycles. The number of ether oxygens (including phenoxy) is 1. The second-order valence-electron chi connectivity index (χ2n) is 4.33. The van der Waals surface area contributed by atoms with Crippen LogP contribution in [-0.4, -0.2) is 22.3 Å². The van der Waals surface area contributed by atoms with E-state index in [2.05, 4.69) is 27.7 Å². The predicted octanol–water partition coefficient (Wildman–Crippen LogP) is 1.64. The van der Waals surface area contributed by atoms with Gasteiger partial charge < -0.3 is 10.5 Å². The summed E-state index contributed by atoms with van der Waals surface area (Å²) in [6.07, 6.45) is 3.20. The molecule has 0 atom stereocenters. The number of hydrogen-bond acceptors (Lipinski definition) is 5. The molecule has 0 aliphatic carbocycles. The maximum Gasteiger partial charge on any atom is 0.308 e. The van der Waals surface area contributed by atoms with Gasteiger partial charge in [0.05, 0.1) is 11.9 Å². The average molecular weight is 302 g/mol. The van der Waals surface area contributed by atoms with Crippen LogP contribution in [0.5, 0.6) is 5.75 Å². The summed E-state index contributed by atoms with van der Waals surface area (Å²) < 4.78 is 5.24. The fourth-order valence-electron chi connectivity index (χ4n) is 1.95. The highest BCUT2D eigenvalue weighted by Gasteiger charge is 2.10. The van der Waals surface area contributed by atoms with Crippen LogP contribution in [0.3, 0.4) is 0 Å². The average Bonchev–Trinajstić information content (AvgIpc) is 2.40. The van der Waals surface area contributed by atoms with Crippen LogP contribution in [0, 0.1) is 6.92 Å². The monoisotopic (exact) mass is 302 g/mol. The van der Waals surface area contributed by atoms with Gasteiger partial charge in [0, 0.05) is 23.9 Å². The lowest BCUT2D eigenvalue weighted by molar-refractivity contribution is -0.131. The van der Waals surface area contributed by atoms with E-state index in [1.54, 1.807) is 18.3 Å². The first kappa shape index (κ1) is 14.9. The lowest BCUT2D eigenvalue weighted by atomic mass is 10.1. The summed E-state index contributed by atoms with van der Waals surface area (Å²) in [6.45, 7) is 3.26. The quantitative estimate of drug-likeness (QED) is 0.294. The molecular formula is C14H14N4O2S. The lowest BCUT2D eigenvalue weighted by Gasteiger charge is -2.10. The molecule has 0 saturated carbocycles. The highest BCUT2D eigenvalue weighted by molar-refractivity contribution is 7.80. The van der Waals surface area contributed by atoms with Crippen LogP contribution < -0.4 is 15.9 Å². The van der Waals surface area contributed by atoms with Crippen molar-refractivity contribution >= 4 is 40.3 Å². The summed E-state index contributed by atoms with van der Waals surface area (Å²) in [6, 6.07) is 5.41. The van der Waals surface area contributed by atoms with Crippen molar-refractivity contribution in [2.45, 2.75) is 13.8 Å². The number of rotatable bonds is 3. The molecule has 0 unspecified atom stereocenters. The van der Waals surface area contributed by atoms with Crippen molar-refractivity contribution in [3.05, 3.63) is 35.7 Å². The van der Waals surface area contributed by atoms with E-state index in [9.17, 15) is 4.79 Å². The first-order chi connectivity index (χ1) is 9.99. The molecule has 7 heteroatoms. The van der Waals surface area contributed by atoms with Gasteiger partial charge in [-0.1, -0.05) is 12.1 Å². The fourth-order valence-corrected chi connectivity index (χ4v) is 2.00. The number of hydrogen-bond donors (Lipinski definition) is 2. The second-order valence-corrected chi connectivity index (χ2v) is 4.77. The van der Waals surface area contributed by atoms with Gasteiger partial charge >= 0.3 is 5.97 Å². The van der Waals surface area contributed by atoms with Crippen molar-refractivity contribution < 1.29 is 9.53 Å². The summed E-state index contributed by atoms with van der Waals surface area (Å²) in [5, 5.41) is 5.61. The van der Waals surface area contributed by atoms with Gasteiger partial charge in [0.1, 0.15) is 5.75 Å². The number of benzene rings is 1. The van der Waals surface area contributed by atoms with Crippen LogP contribution in [0.25, 0.3) is 10.8 Å². The van der Waals surface area contributed by atoms with Crippen molar-refractivity contribution in [1.82, 2.24) is 10.4 Å². The number of nitrogens with one attached hydrogen (secondary N) is 1. The number of aryl methyl sites for hydroxylation is 1. The number of carbonyl (C=O) groups is 1. The third-order valence-corrected chi connectivity index (χ3v) is 2.80. The number of esters is 1. The third-order valence-electron chi connectivity index (χ3n) is 2.71. The minimum atomic E-state index is -0.371. The van der Waals surface area contributed by atoms with Gasteiger partial charge in [0.2, 0.25) is 0 Å². The lowest BCUT2D eigenvalue weighted by Crippen LogP contribution is -2.24. The van der Waals surface area contributed by atoms with Gasteiger partial charge in [-0.3, -0.25) is 15.2 Å². The van der Waals surface area contributed by atoms with E-state index < -0.39 is 0 Å². The molecule has 3 N–H and O–H groups in total. The van der Waals surface area contributed by atoms with E-state index in [4.69, 9.17) is 10.5 Å². The van der Waals surface area contributed by atoms with E-state index in [1.165, 1.54) is 13.1 Å². The van der Waals surface area contributed by atoms with Gasteiger partial charge in [-0.05, 0) is 30.8 Å². The number of aromatic nitrogens is 1. The Bertz CT molecular complexity index is 743. The van der Waals surface area contributed by atoms with E-state index >= 15 is 0 Å². The molecule has 1 heterocycles. The summed E-state index contributed by atoms with van der Waals surface area (Å²) >= 11 is 4.67. The van der Waals surface area contributed by atoms with Crippen molar-refractivity contribution in [2.24, 2.45) is 10.8 Å². The molecule has 0 aliphatic heterocycles. The van der Waals surface area contributed by atoms with E-state index in [0.717, 1.165) is 16.3 Å². The van der Waals surface area contributed by atoms with Gasteiger partial charge in [-0.2, -0.15) is 5.10 Å². The standard InChI is InChI=1S/C14H14N4O2S/c1-8-6-16-11(7-17-18-14(15)21)10-4-3-5-12(13(8)10)20-9(2)19/h3-7H,1-2H3,(H3,15,18,21). The maximum absolute atomic E-state index is 11.2. The molecule has 1 aromatic heterocycles. The summed E-state index contributed by atoms with van der Waals surface area (Å²) in [4.78, 5) is 15.5. The normalized spacial score (nSPS) is 10.8. The Balaban J connectivity index is 2.54. The van der Waals surface area contributed by atoms with E-state index in [-0.39, 0.29) is 11.1 Å². The van der Waals surface area contributed by atoms with Crippen molar-refractivity contribution in [2.75, 3.05) is 0 Å². The highest BCUT2D eigenvalue weighted by atomic mass is 32.1. The summed E-state index contributed by atoms with van der Waals surface area (Å²) in [5.74, 6) is 0.126. The van der Waals surface area contributed by atoms with E-state index in [0.29, 0.717) is 11.4 Å². The zero-order chi connectivity index (χ0) is 15.4. The Morgan fingerprint density at radius 3 is 2.95 bits per heavy atom. The topological polar surface area (TPSA) is 89.6 Å². The summed E-state index contributed by atoms with van der Waals surface area (Å²) in [5.41, 5.74) is 9.30. The van der Waals surface area contributed by atoms with Gasteiger partial charge in [0.15, 0.2) is 5.11 Å². The Hall–Kier alpha value is -2.54. The third kappa shape index (κ3) is 3.51. The molecular weight excluding hydrogens is 288 g/mol. The first-order valence-corrected chi connectivity index (χ1v) is 6.55. The molecule has 0 radical (unpaired) electrons. The van der Waals surface area contributed by atoms with Crippen molar-refractivity contribution in [3.8, 4) is 5.75 Å². The second kappa shape index (κ2) is 6.27.